The third-order valence-corrected chi connectivity index (χ3v) is 4.37. The van der Waals surface area contributed by atoms with Crippen molar-refractivity contribution in [2.75, 3.05) is 33.3 Å². The fourth-order valence-electron chi connectivity index (χ4n) is 3.19. The van der Waals surface area contributed by atoms with Crippen LogP contribution >= 0.6 is 12.4 Å². The number of nitrogens with zero attached hydrogens (tertiary/aromatic N) is 1. The molecule has 5 heteroatoms. The van der Waals surface area contributed by atoms with E-state index in [4.69, 9.17) is 4.74 Å². The van der Waals surface area contributed by atoms with E-state index in [0.717, 1.165) is 43.9 Å². The molecule has 1 N–H and O–H groups in total. The molecule has 1 spiro atoms. The first-order valence-electron chi connectivity index (χ1n) is 6.87. The lowest BCUT2D eigenvalue weighted by molar-refractivity contribution is 0.0775. The molecular weight excluding hydrogens is 276 g/mol. The van der Waals surface area contributed by atoms with Crippen LogP contribution in [0, 0.1) is 5.41 Å². The van der Waals surface area contributed by atoms with Gasteiger partial charge >= 0.3 is 0 Å². The van der Waals surface area contributed by atoms with Crippen molar-refractivity contribution in [3.05, 3.63) is 29.8 Å². The van der Waals surface area contributed by atoms with Gasteiger partial charge in [0.15, 0.2) is 0 Å². The van der Waals surface area contributed by atoms with Gasteiger partial charge in [0.1, 0.15) is 5.75 Å². The molecule has 0 radical (unpaired) electrons. The lowest BCUT2D eigenvalue weighted by atomic mass is 9.86. The second kappa shape index (κ2) is 6.02. The Bertz CT molecular complexity index is 487. The van der Waals surface area contributed by atoms with Crippen LogP contribution in [0.1, 0.15) is 23.2 Å². The third-order valence-electron chi connectivity index (χ3n) is 4.37. The molecule has 3 rings (SSSR count). The minimum atomic E-state index is 0. The average Bonchev–Trinajstić information content (AvgIpc) is 3.09. The summed E-state index contributed by atoms with van der Waals surface area (Å²) in [5.74, 6) is 0.866. The van der Waals surface area contributed by atoms with Gasteiger partial charge in [0.2, 0.25) is 0 Å². The molecule has 2 aliphatic heterocycles. The van der Waals surface area contributed by atoms with Crippen molar-refractivity contribution < 1.29 is 9.53 Å². The van der Waals surface area contributed by atoms with Gasteiger partial charge in [0, 0.05) is 30.6 Å². The van der Waals surface area contributed by atoms with Gasteiger partial charge in [-0.05, 0) is 37.6 Å². The van der Waals surface area contributed by atoms with E-state index in [0.29, 0.717) is 5.41 Å². The second-order valence-corrected chi connectivity index (χ2v) is 5.64. The fraction of sp³-hybridized carbons (Fsp3) is 0.533. The predicted molar refractivity (Wildman–Crippen MR) is 80.7 cm³/mol. The van der Waals surface area contributed by atoms with Gasteiger partial charge in [-0.2, -0.15) is 0 Å². The number of benzene rings is 1. The number of hydrogen-bond donors (Lipinski definition) is 1. The van der Waals surface area contributed by atoms with Crippen LogP contribution in [0.5, 0.6) is 5.75 Å². The van der Waals surface area contributed by atoms with E-state index in [-0.39, 0.29) is 18.3 Å². The Kier molecular flexibility index (Phi) is 4.55. The number of nitrogens with one attached hydrogen (secondary N) is 1. The highest BCUT2D eigenvalue weighted by atomic mass is 35.5. The molecule has 1 amide bonds. The maximum atomic E-state index is 12.5. The van der Waals surface area contributed by atoms with E-state index < -0.39 is 0 Å². The first-order chi connectivity index (χ1) is 9.22. The summed E-state index contributed by atoms with van der Waals surface area (Å²) >= 11 is 0. The zero-order chi connectivity index (χ0) is 13.3. The van der Waals surface area contributed by atoms with Gasteiger partial charge < -0.3 is 15.0 Å². The Hall–Kier alpha value is -1.26. The predicted octanol–water partition coefficient (Wildman–Crippen LogP) is 1.94. The molecule has 2 heterocycles. The first-order valence-corrected chi connectivity index (χ1v) is 6.87. The molecule has 0 bridgehead atoms. The highest BCUT2D eigenvalue weighted by Crippen LogP contribution is 2.36. The number of carbonyl (C=O) groups excluding carboxylic acids is 1. The molecule has 1 atom stereocenters. The smallest absolute Gasteiger partial charge is 0.254 e. The third kappa shape index (κ3) is 2.76. The molecule has 2 saturated heterocycles. The van der Waals surface area contributed by atoms with Crippen molar-refractivity contribution in [3.63, 3.8) is 0 Å². The van der Waals surface area contributed by atoms with Gasteiger partial charge in [-0.15, -0.1) is 12.4 Å². The molecule has 4 nitrogen and oxygen atoms in total. The molecular formula is C15H21ClN2O2. The summed E-state index contributed by atoms with van der Waals surface area (Å²) in [6.45, 7) is 3.89. The SMILES string of the molecule is COc1cccc(C(=O)N2CCC3(CCNC3)C2)c1.Cl. The highest BCUT2D eigenvalue weighted by Gasteiger charge is 2.41. The van der Waals surface area contributed by atoms with Crippen LogP contribution in [0.4, 0.5) is 0 Å². The zero-order valence-corrected chi connectivity index (χ0v) is 12.5. The van der Waals surface area contributed by atoms with E-state index in [2.05, 4.69) is 5.32 Å². The number of ether oxygens (including phenoxy) is 1. The molecule has 110 valence electrons. The molecule has 1 aromatic rings. The number of methoxy groups -OCH3 is 1. The minimum Gasteiger partial charge on any atom is -0.497 e. The van der Waals surface area contributed by atoms with Crippen LogP contribution in [-0.2, 0) is 0 Å². The van der Waals surface area contributed by atoms with E-state index in [1.807, 2.05) is 29.2 Å². The largest absolute Gasteiger partial charge is 0.497 e. The number of rotatable bonds is 2. The molecule has 2 fully saturated rings. The molecule has 0 aliphatic carbocycles. The average molecular weight is 297 g/mol. The lowest BCUT2D eigenvalue weighted by Gasteiger charge is -2.22. The zero-order valence-electron chi connectivity index (χ0n) is 11.7. The van der Waals surface area contributed by atoms with Crippen LogP contribution in [0.2, 0.25) is 0 Å². The van der Waals surface area contributed by atoms with E-state index in [1.54, 1.807) is 7.11 Å². The Balaban J connectivity index is 0.00000147. The topological polar surface area (TPSA) is 41.6 Å². The summed E-state index contributed by atoms with van der Waals surface area (Å²) in [7, 11) is 1.62. The molecule has 1 unspecified atom stereocenters. The maximum Gasteiger partial charge on any atom is 0.254 e. The van der Waals surface area contributed by atoms with E-state index >= 15 is 0 Å². The molecule has 20 heavy (non-hydrogen) atoms. The summed E-state index contributed by atoms with van der Waals surface area (Å²) in [4.78, 5) is 14.5. The van der Waals surface area contributed by atoms with Crippen molar-refractivity contribution >= 4 is 18.3 Å². The number of carbonyl (C=O) groups is 1. The van der Waals surface area contributed by atoms with Crippen LogP contribution in [0.25, 0.3) is 0 Å². The Morgan fingerprint density at radius 2 is 2.25 bits per heavy atom. The number of hydrogen-bond acceptors (Lipinski definition) is 3. The van der Waals surface area contributed by atoms with Crippen LogP contribution < -0.4 is 10.1 Å². The number of amides is 1. The first kappa shape index (κ1) is 15.1. The van der Waals surface area contributed by atoms with E-state index in [9.17, 15) is 4.79 Å². The lowest BCUT2D eigenvalue weighted by Crippen LogP contribution is -2.33. The Morgan fingerprint density at radius 1 is 1.40 bits per heavy atom. The minimum absolute atomic E-state index is 0. The van der Waals surface area contributed by atoms with Gasteiger partial charge in [-0.25, -0.2) is 0 Å². The number of halogens is 1. The van der Waals surface area contributed by atoms with Crippen molar-refractivity contribution in [2.45, 2.75) is 12.8 Å². The summed E-state index contributed by atoms with van der Waals surface area (Å²) in [6.07, 6.45) is 2.31. The van der Waals surface area contributed by atoms with Crippen LogP contribution in [0.15, 0.2) is 24.3 Å². The van der Waals surface area contributed by atoms with E-state index in [1.165, 1.54) is 6.42 Å². The summed E-state index contributed by atoms with van der Waals surface area (Å²) in [5.41, 5.74) is 1.05. The molecule has 0 aromatic heterocycles. The van der Waals surface area contributed by atoms with Gasteiger partial charge in [-0.3, -0.25) is 4.79 Å². The maximum absolute atomic E-state index is 12.5. The van der Waals surface area contributed by atoms with Gasteiger partial charge in [-0.1, -0.05) is 6.07 Å². The van der Waals surface area contributed by atoms with Crippen LogP contribution in [-0.4, -0.2) is 44.1 Å². The van der Waals surface area contributed by atoms with Gasteiger partial charge in [0.05, 0.1) is 7.11 Å². The number of likely N-dealkylation sites (tertiary alicyclic amines) is 1. The highest BCUT2D eigenvalue weighted by molar-refractivity contribution is 5.94. The normalized spacial score (nSPS) is 24.8. The van der Waals surface area contributed by atoms with Crippen molar-refractivity contribution in [3.8, 4) is 5.75 Å². The quantitative estimate of drug-likeness (QED) is 0.907. The van der Waals surface area contributed by atoms with Crippen molar-refractivity contribution in [1.82, 2.24) is 10.2 Å². The van der Waals surface area contributed by atoms with Crippen molar-refractivity contribution in [1.29, 1.82) is 0 Å². The molecule has 2 aliphatic rings. The van der Waals surface area contributed by atoms with Gasteiger partial charge in [0.25, 0.3) is 5.91 Å². The monoisotopic (exact) mass is 296 g/mol. The Morgan fingerprint density at radius 3 is 2.95 bits per heavy atom. The second-order valence-electron chi connectivity index (χ2n) is 5.64. The Labute approximate surface area is 125 Å². The summed E-state index contributed by atoms with van der Waals surface area (Å²) < 4.78 is 5.18. The standard InChI is InChI=1S/C15H20N2O2.ClH/c1-19-13-4-2-3-12(9-13)14(18)17-8-6-15(11-17)5-7-16-10-15;/h2-4,9,16H,5-8,10-11H2,1H3;1H. The summed E-state index contributed by atoms with van der Waals surface area (Å²) in [6, 6.07) is 7.42. The molecule has 0 saturated carbocycles. The molecule has 1 aromatic carbocycles. The summed E-state index contributed by atoms with van der Waals surface area (Å²) in [5, 5.41) is 3.41. The van der Waals surface area contributed by atoms with Crippen molar-refractivity contribution in [2.24, 2.45) is 5.41 Å². The van der Waals surface area contributed by atoms with Crippen LogP contribution in [0.3, 0.4) is 0 Å². The fourth-order valence-corrected chi connectivity index (χ4v) is 3.19.